The fraction of sp³-hybridized carbons (Fsp3) is 0.600. The van der Waals surface area contributed by atoms with Gasteiger partial charge in [0.05, 0.1) is 12.2 Å². The Bertz CT molecular complexity index is 663. The second kappa shape index (κ2) is 6.70. The summed E-state index contributed by atoms with van der Waals surface area (Å²) in [7, 11) is 0. The van der Waals surface area contributed by atoms with Crippen LogP contribution < -0.4 is 4.74 Å². The first-order valence-electron chi connectivity index (χ1n) is 9.43. The summed E-state index contributed by atoms with van der Waals surface area (Å²) in [6.45, 7) is 5.30. The third-order valence-electron chi connectivity index (χ3n) is 5.59. The van der Waals surface area contributed by atoms with E-state index in [1.165, 1.54) is 12.8 Å². The minimum atomic E-state index is 0.0123. The molecule has 3 fully saturated rings. The molecule has 0 aromatic heterocycles. The smallest absolute Gasteiger partial charge is 0.257 e. The first kappa shape index (κ1) is 16.4. The highest BCUT2D eigenvalue weighted by Crippen LogP contribution is 2.39. The van der Waals surface area contributed by atoms with Crippen LogP contribution in [0.3, 0.4) is 0 Å². The predicted molar refractivity (Wildman–Crippen MR) is 94.4 cm³/mol. The molecule has 1 aliphatic heterocycles. The van der Waals surface area contributed by atoms with Gasteiger partial charge in [0.15, 0.2) is 0 Å². The molecule has 134 valence electrons. The molecule has 1 aromatic carbocycles. The summed E-state index contributed by atoms with van der Waals surface area (Å²) in [4.78, 5) is 29.0. The lowest BCUT2D eigenvalue weighted by Crippen LogP contribution is -2.51. The van der Waals surface area contributed by atoms with Crippen LogP contribution in [0.4, 0.5) is 0 Å². The summed E-state index contributed by atoms with van der Waals surface area (Å²) in [6.07, 6.45) is 3.47. The van der Waals surface area contributed by atoms with Crippen LogP contribution in [0.25, 0.3) is 0 Å². The molecule has 1 aromatic rings. The molecular weight excluding hydrogens is 316 g/mol. The third-order valence-corrected chi connectivity index (χ3v) is 5.59. The fourth-order valence-corrected chi connectivity index (χ4v) is 3.46. The molecule has 1 saturated heterocycles. The first-order chi connectivity index (χ1) is 12.1. The van der Waals surface area contributed by atoms with Crippen LogP contribution in [0.1, 0.15) is 36.5 Å². The number of hydrogen-bond donors (Lipinski definition) is 0. The first-order valence-corrected chi connectivity index (χ1v) is 9.43. The van der Waals surface area contributed by atoms with E-state index in [4.69, 9.17) is 4.74 Å². The zero-order chi connectivity index (χ0) is 17.4. The molecule has 0 N–H and O–H groups in total. The van der Waals surface area contributed by atoms with Crippen molar-refractivity contribution >= 4 is 11.8 Å². The topological polar surface area (TPSA) is 49.9 Å². The lowest BCUT2D eigenvalue weighted by atomic mass is 10.1. The van der Waals surface area contributed by atoms with E-state index in [2.05, 4.69) is 6.92 Å². The quantitative estimate of drug-likeness (QED) is 0.826. The van der Waals surface area contributed by atoms with Crippen molar-refractivity contribution in [1.82, 2.24) is 9.80 Å². The molecule has 0 bridgehead atoms. The highest BCUT2D eigenvalue weighted by molar-refractivity contribution is 5.97. The molecule has 0 radical (unpaired) electrons. The van der Waals surface area contributed by atoms with Crippen LogP contribution in [0.2, 0.25) is 0 Å². The minimum Gasteiger partial charge on any atom is -0.492 e. The molecule has 5 nitrogen and oxygen atoms in total. The van der Waals surface area contributed by atoms with Crippen molar-refractivity contribution in [1.29, 1.82) is 0 Å². The van der Waals surface area contributed by atoms with E-state index in [1.807, 2.05) is 34.1 Å². The Hall–Kier alpha value is -2.04. The average molecular weight is 342 g/mol. The SMILES string of the molecule is C[C@@H]1C[C@H]1C(=O)N1CCN(C(=O)c2ccccc2OCC2CC2)CC1. The van der Waals surface area contributed by atoms with Gasteiger partial charge in [-0.1, -0.05) is 19.1 Å². The second-order valence-electron chi connectivity index (χ2n) is 7.69. The van der Waals surface area contributed by atoms with Gasteiger partial charge in [-0.15, -0.1) is 0 Å². The maximum Gasteiger partial charge on any atom is 0.257 e. The number of rotatable bonds is 5. The van der Waals surface area contributed by atoms with Gasteiger partial charge in [0.1, 0.15) is 5.75 Å². The van der Waals surface area contributed by atoms with E-state index in [0.717, 1.165) is 6.42 Å². The predicted octanol–water partition coefficient (Wildman–Crippen LogP) is 2.42. The zero-order valence-corrected chi connectivity index (χ0v) is 14.8. The molecule has 2 atom stereocenters. The third kappa shape index (κ3) is 3.65. The van der Waals surface area contributed by atoms with E-state index in [0.29, 0.717) is 55.9 Å². The zero-order valence-electron chi connectivity index (χ0n) is 14.8. The number of benzene rings is 1. The number of piperazine rings is 1. The summed E-state index contributed by atoms with van der Waals surface area (Å²) in [5.41, 5.74) is 0.638. The van der Waals surface area contributed by atoms with Crippen molar-refractivity contribution in [2.75, 3.05) is 32.8 Å². The fourth-order valence-electron chi connectivity index (χ4n) is 3.46. The second-order valence-corrected chi connectivity index (χ2v) is 7.69. The van der Waals surface area contributed by atoms with Gasteiger partial charge in [0.2, 0.25) is 5.91 Å². The van der Waals surface area contributed by atoms with Gasteiger partial charge in [-0.25, -0.2) is 0 Å². The van der Waals surface area contributed by atoms with Crippen LogP contribution >= 0.6 is 0 Å². The van der Waals surface area contributed by atoms with Gasteiger partial charge in [-0.2, -0.15) is 0 Å². The number of carbonyl (C=O) groups excluding carboxylic acids is 2. The molecule has 3 aliphatic rings. The van der Waals surface area contributed by atoms with Crippen LogP contribution in [0.15, 0.2) is 24.3 Å². The number of carbonyl (C=O) groups is 2. The molecule has 2 aliphatic carbocycles. The molecule has 25 heavy (non-hydrogen) atoms. The van der Waals surface area contributed by atoms with Crippen molar-refractivity contribution in [3.8, 4) is 5.75 Å². The van der Waals surface area contributed by atoms with E-state index in [1.54, 1.807) is 0 Å². The maximum atomic E-state index is 12.9. The van der Waals surface area contributed by atoms with Crippen molar-refractivity contribution in [2.24, 2.45) is 17.8 Å². The van der Waals surface area contributed by atoms with Crippen molar-refractivity contribution in [3.05, 3.63) is 29.8 Å². The van der Waals surface area contributed by atoms with Crippen LogP contribution in [0.5, 0.6) is 5.75 Å². The standard InChI is InChI=1S/C20H26N2O3/c1-14-12-17(14)20(24)22-10-8-21(9-11-22)19(23)16-4-2-3-5-18(16)25-13-15-6-7-15/h2-5,14-15,17H,6-13H2,1H3/t14-,17-/m1/s1. The van der Waals surface area contributed by atoms with Gasteiger partial charge in [0, 0.05) is 32.1 Å². The number of amides is 2. The van der Waals surface area contributed by atoms with Crippen LogP contribution in [-0.4, -0.2) is 54.4 Å². The number of para-hydroxylation sites is 1. The van der Waals surface area contributed by atoms with Crippen LogP contribution in [0, 0.1) is 17.8 Å². The molecule has 2 amide bonds. The molecule has 4 rings (SSSR count). The summed E-state index contributed by atoms with van der Waals surface area (Å²) in [5.74, 6) is 2.37. The maximum absolute atomic E-state index is 12.9. The molecule has 5 heteroatoms. The van der Waals surface area contributed by atoms with E-state index in [-0.39, 0.29) is 17.7 Å². The Kier molecular flexibility index (Phi) is 4.40. The molecule has 1 heterocycles. The van der Waals surface area contributed by atoms with E-state index >= 15 is 0 Å². The average Bonchev–Trinajstić information content (AvgIpc) is 3.56. The van der Waals surface area contributed by atoms with Crippen molar-refractivity contribution in [3.63, 3.8) is 0 Å². The molecule has 0 unspecified atom stereocenters. The Morgan fingerprint density at radius 3 is 2.36 bits per heavy atom. The van der Waals surface area contributed by atoms with E-state index < -0.39 is 0 Å². The Labute approximate surface area is 148 Å². The van der Waals surface area contributed by atoms with Gasteiger partial charge in [0.25, 0.3) is 5.91 Å². The lowest BCUT2D eigenvalue weighted by molar-refractivity contribution is -0.134. The summed E-state index contributed by atoms with van der Waals surface area (Å²) < 4.78 is 5.87. The summed E-state index contributed by atoms with van der Waals surface area (Å²) >= 11 is 0. The largest absolute Gasteiger partial charge is 0.492 e. The normalized spacial score (nSPS) is 25.6. The van der Waals surface area contributed by atoms with Crippen molar-refractivity contribution in [2.45, 2.75) is 26.2 Å². The number of nitrogens with zero attached hydrogens (tertiary/aromatic N) is 2. The monoisotopic (exact) mass is 342 g/mol. The molecule has 2 saturated carbocycles. The lowest BCUT2D eigenvalue weighted by Gasteiger charge is -2.35. The number of hydrogen-bond acceptors (Lipinski definition) is 3. The van der Waals surface area contributed by atoms with Crippen LogP contribution in [-0.2, 0) is 4.79 Å². The summed E-state index contributed by atoms with van der Waals surface area (Å²) in [5, 5.41) is 0. The Balaban J connectivity index is 1.36. The van der Waals surface area contributed by atoms with Gasteiger partial charge in [-0.05, 0) is 43.2 Å². The summed E-state index contributed by atoms with van der Waals surface area (Å²) in [6, 6.07) is 7.51. The van der Waals surface area contributed by atoms with Gasteiger partial charge < -0.3 is 14.5 Å². The van der Waals surface area contributed by atoms with Gasteiger partial charge in [-0.3, -0.25) is 9.59 Å². The highest BCUT2D eigenvalue weighted by Gasteiger charge is 2.42. The number of ether oxygens (including phenoxy) is 1. The Morgan fingerprint density at radius 1 is 1.08 bits per heavy atom. The highest BCUT2D eigenvalue weighted by atomic mass is 16.5. The van der Waals surface area contributed by atoms with Crippen molar-refractivity contribution < 1.29 is 14.3 Å². The Morgan fingerprint density at radius 2 is 1.72 bits per heavy atom. The minimum absolute atomic E-state index is 0.0123. The van der Waals surface area contributed by atoms with Gasteiger partial charge >= 0.3 is 0 Å². The van der Waals surface area contributed by atoms with E-state index in [9.17, 15) is 9.59 Å². The molecule has 0 spiro atoms. The molecular formula is C20H26N2O3.